The Hall–Kier alpha value is -1.74. The van der Waals surface area contributed by atoms with Crippen LogP contribution in [0.5, 0.6) is 0 Å². The summed E-state index contributed by atoms with van der Waals surface area (Å²) in [6.45, 7) is 6.94. The maximum atomic E-state index is 13.5. The molecule has 2 aromatic rings. The van der Waals surface area contributed by atoms with Crippen LogP contribution in [0.1, 0.15) is 35.2 Å². The molecule has 2 aromatic carbocycles. The van der Waals surface area contributed by atoms with Gasteiger partial charge in [-0.2, -0.15) is 0 Å². The SMILES string of the molecule is CCNC(Cc1c(C)cccc1C)c1ccc(F)c(F)c1. The van der Waals surface area contributed by atoms with Crippen LogP contribution in [0.25, 0.3) is 0 Å². The van der Waals surface area contributed by atoms with Crippen LogP contribution in [0.15, 0.2) is 36.4 Å². The number of likely N-dealkylation sites (N-methyl/N-ethyl adjacent to an activating group) is 1. The third kappa shape index (κ3) is 3.67. The van der Waals surface area contributed by atoms with Crippen LogP contribution in [0.2, 0.25) is 0 Å². The molecule has 0 aliphatic carbocycles. The van der Waals surface area contributed by atoms with Crippen molar-refractivity contribution in [3.05, 3.63) is 70.3 Å². The molecule has 1 unspecified atom stereocenters. The van der Waals surface area contributed by atoms with E-state index in [9.17, 15) is 8.78 Å². The lowest BCUT2D eigenvalue weighted by Gasteiger charge is -2.21. The molecule has 112 valence electrons. The summed E-state index contributed by atoms with van der Waals surface area (Å²) in [6, 6.07) is 10.3. The van der Waals surface area contributed by atoms with Gasteiger partial charge < -0.3 is 5.32 Å². The number of nitrogens with one attached hydrogen (secondary N) is 1. The maximum Gasteiger partial charge on any atom is 0.159 e. The summed E-state index contributed by atoms with van der Waals surface area (Å²) in [5.74, 6) is -1.60. The number of halogens is 2. The van der Waals surface area contributed by atoms with Gasteiger partial charge in [0, 0.05) is 6.04 Å². The molecule has 0 saturated heterocycles. The average Bonchev–Trinajstić information content (AvgIpc) is 2.45. The van der Waals surface area contributed by atoms with Crippen molar-refractivity contribution in [2.75, 3.05) is 6.54 Å². The molecular formula is C18H21F2N. The van der Waals surface area contributed by atoms with Crippen LogP contribution in [0, 0.1) is 25.5 Å². The largest absolute Gasteiger partial charge is 0.310 e. The highest BCUT2D eigenvalue weighted by molar-refractivity contribution is 5.35. The van der Waals surface area contributed by atoms with Crippen molar-refractivity contribution >= 4 is 0 Å². The van der Waals surface area contributed by atoms with Crippen LogP contribution in [-0.2, 0) is 6.42 Å². The Balaban J connectivity index is 2.33. The van der Waals surface area contributed by atoms with Gasteiger partial charge in [0.05, 0.1) is 0 Å². The Kier molecular flexibility index (Phi) is 5.07. The Morgan fingerprint density at radius 2 is 1.67 bits per heavy atom. The zero-order chi connectivity index (χ0) is 15.4. The number of hydrogen-bond donors (Lipinski definition) is 1. The zero-order valence-corrected chi connectivity index (χ0v) is 12.7. The fraction of sp³-hybridized carbons (Fsp3) is 0.333. The van der Waals surface area contributed by atoms with Gasteiger partial charge in [0.2, 0.25) is 0 Å². The second-order valence-corrected chi connectivity index (χ2v) is 5.36. The average molecular weight is 289 g/mol. The molecule has 0 radical (unpaired) electrons. The van der Waals surface area contributed by atoms with Gasteiger partial charge in [0.25, 0.3) is 0 Å². The summed E-state index contributed by atoms with van der Waals surface area (Å²) in [6.07, 6.45) is 0.761. The van der Waals surface area contributed by atoms with Gasteiger partial charge >= 0.3 is 0 Å². The van der Waals surface area contributed by atoms with Crippen molar-refractivity contribution in [3.8, 4) is 0 Å². The van der Waals surface area contributed by atoms with Gasteiger partial charge in [0.15, 0.2) is 11.6 Å². The molecule has 0 bridgehead atoms. The molecule has 1 atom stereocenters. The molecule has 0 heterocycles. The van der Waals surface area contributed by atoms with Gasteiger partial charge in [-0.1, -0.05) is 31.2 Å². The first kappa shape index (κ1) is 15.6. The maximum absolute atomic E-state index is 13.5. The van der Waals surface area contributed by atoms with Gasteiger partial charge in [0.1, 0.15) is 0 Å². The van der Waals surface area contributed by atoms with Crippen LogP contribution in [0.4, 0.5) is 8.78 Å². The molecule has 0 spiro atoms. The standard InChI is InChI=1S/C18H21F2N/c1-4-21-18(14-8-9-16(19)17(20)10-14)11-15-12(2)6-5-7-13(15)3/h5-10,18,21H,4,11H2,1-3H3. The Labute approximate surface area is 125 Å². The summed E-state index contributed by atoms with van der Waals surface area (Å²) in [5, 5.41) is 3.36. The predicted molar refractivity (Wildman–Crippen MR) is 82.4 cm³/mol. The fourth-order valence-corrected chi connectivity index (χ4v) is 2.66. The zero-order valence-electron chi connectivity index (χ0n) is 12.7. The third-order valence-electron chi connectivity index (χ3n) is 3.85. The van der Waals surface area contributed by atoms with Crippen molar-refractivity contribution in [2.24, 2.45) is 0 Å². The predicted octanol–water partition coefficient (Wildman–Crippen LogP) is 4.47. The van der Waals surface area contributed by atoms with E-state index >= 15 is 0 Å². The van der Waals surface area contributed by atoms with Gasteiger partial charge in [-0.15, -0.1) is 0 Å². The van der Waals surface area contributed by atoms with E-state index in [-0.39, 0.29) is 6.04 Å². The monoisotopic (exact) mass is 289 g/mol. The van der Waals surface area contributed by atoms with Crippen molar-refractivity contribution in [2.45, 2.75) is 33.2 Å². The summed E-state index contributed by atoms with van der Waals surface area (Å²) < 4.78 is 26.6. The summed E-state index contributed by atoms with van der Waals surface area (Å²) >= 11 is 0. The molecule has 1 nitrogen and oxygen atoms in total. The number of rotatable bonds is 5. The van der Waals surface area contributed by atoms with Crippen LogP contribution in [0.3, 0.4) is 0 Å². The van der Waals surface area contributed by atoms with E-state index in [2.05, 4.69) is 31.3 Å². The van der Waals surface area contributed by atoms with E-state index in [1.54, 1.807) is 6.07 Å². The molecule has 0 saturated carbocycles. The first-order valence-corrected chi connectivity index (χ1v) is 7.26. The highest BCUT2D eigenvalue weighted by Crippen LogP contribution is 2.24. The summed E-state index contributed by atoms with van der Waals surface area (Å²) in [4.78, 5) is 0. The minimum atomic E-state index is -0.805. The first-order chi connectivity index (χ1) is 10.0. The van der Waals surface area contributed by atoms with Gasteiger partial charge in [-0.25, -0.2) is 8.78 Å². The third-order valence-corrected chi connectivity index (χ3v) is 3.85. The normalized spacial score (nSPS) is 12.4. The lowest BCUT2D eigenvalue weighted by molar-refractivity contribution is 0.496. The molecular weight excluding hydrogens is 268 g/mol. The minimum absolute atomic E-state index is 0.0232. The second kappa shape index (κ2) is 6.81. The molecule has 0 fully saturated rings. The minimum Gasteiger partial charge on any atom is -0.310 e. The summed E-state index contributed by atoms with van der Waals surface area (Å²) in [5.41, 5.74) is 4.48. The lowest BCUT2D eigenvalue weighted by atomic mass is 9.93. The number of hydrogen-bond acceptors (Lipinski definition) is 1. The quantitative estimate of drug-likeness (QED) is 0.856. The highest BCUT2D eigenvalue weighted by atomic mass is 19.2. The molecule has 3 heteroatoms. The molecule has 0 aromatic heterocycles. The smallest absolute Gasteiger partial charge is 0.159 e. The fourth-order valence-electron chi connectivity index (χ4n) is 2.66. The Morgan fingerprint density at radius 3 is 2.24 bits per heavy atom. The molecule has 0 amide bonds. The van der Waals surface area contributed by atoms with Crippen molar-refractivity contribution in [3.63, 3.8) is 0 Å². The number of aryl methyl sites for hydroxylation is 2. The van der Waals surface area contributed by atoms with E-state index in [0.717, 1.165) is 18.5 Å². The molecule has 2 rings (SSSR count). The van der Waals surface area contributed by atoms with Gasteiger partial charge in [-0.05, 0) is 61.2 Å². The van der Waals surface area contributed by atoms with Gasteiger partial charge in [-0.3, -0.25) is 0 Å². The molecule has 0 aliphatic heterocycles. The van der Waals surface area contributed by atoms with Crippen molar-refractivity contribution in [1.82, 2.24) is 5.32 Å². The van der Waals surface area contributed by atoms with E-state index in [0.29, 0.717) is 0 Å². The summed E-state index contributed by atoms with van der Waals surface area (Å²) in [7, 11) is 0. The lowest BCUT2D eigenvalue weighted by Crippen LogP contribution is -2.23. The van der Waals surface area contributed by atoms with Crippen LogP contribution in [-0.4, -0.2) is 6.54 Å². The van der Waals surface area contributed by atoms with E-state index in [4.69, 9.17) is 0 Å². The Bertz CT molecular complexity index is 602. The second-order valence-electron chi connectivity index (χ2n) is 5.36. The molecule has 1 N–H and O–H groups in total. The van der Waals surface area contributed by atoms with Crippen LogP contribution < -0.4 is 5.32 Å². The topological polar surface area (TPSA) is 12.0 Å². The van der Waals surface area contributed by atoms with E-state index < -0.39 is 11.6 Å². The van der Waals surface area contributed by atoms with Crippen molar-refractivity contribution in [1.29, 1.82) is 0 Å². The molecule has 21 heavy (non-hydrogen) atoms. The van der Waals surface area contributed by atoms with E-state index in [1.807, 2.05) is 13.0 Å². The highest BCUT2D eigenvalue weighted by Gasteiger charge is 2.15. The Morgan fingerprint density at radius 1 is 1.00 bits per heavy atom. The van der Waals surface area contributed by atoms with Crippen molar-refractivity contribution < 1.29 is 8.78 Å². The first-order valence-electron chi connectivity index (χ1n) is 7.26. The molecule has 0 aliphatic rings. The van der Waals surface area contributed by atoms with E-state index in [1.165, 1.54) is 28.8 Å². The number of benzene rings is 2. The van der Waals surface area contributed by atoms with Crippen LogP contribution >= 0.6 is 0 Å².